The van der Waals surface area contributed by atoms with Gasteiger partial charge in [0.1, 0.15) is 0 Å². The Morgan fingerprint density at radius 3 is 2.52 bits per heavy atom. The zero-order valence-corrected chi connectivity index (χ0v) is 15.2. The summed E-state index contributed by atoms with van der Waals surface area (Å²) in [7, 11) is 0. The number of hydrogen-bond acceptors (Lipinski definition) is 3. The van der Waals surface area contributed by atoms with E-state index < -0.39 is 17.4 Å². The van der Waals surface area contributed by atoms with Crippen LogP contribution in [0.4, 0.5) is 0 Å². The molecule has 0 saturated carbocycles. The van der Waals surface area contributed by atoms with Crippen LogP contribution in [0.5, 0.6) is 0 Å². The third-order valence-electron chi connectivity index (χ3n) is 5.60. The molecule has 0 amide bonds. The van der Waals surface area contributed by atoms with Gasteiger partial charge in [-0.2, -0.15) is 0 Å². The number of ketones is 1. The van der Waals surface area contributed by atoms with Crippen molar-refractivity contribution in [1.82, 2.24) is 9.88 Å². The number of aliphatic carboxylic acids is 1. The summed E-state index contributed by atoms with van der Waals surface area (Å²) in [6.07, 6.45) is 2.29. The Balaban J connectivity index is 1.75. The largest absolute Gasteiger partial charge is 0.481 e. The number of rotatable bonds is 5. The lowest BCUT2D eigenvalue weighted by Gasteiger charge is -2.28. The Morgan fingerprint density at radius 1 is 1.11 bits per heavy atom. The molecule has 1 aliphatic heterocycles. The van der Waals surface area contributed by atoms with Gasteiger partial charge in [0.25, 0.3) is 0 Å². The van der Waals surface area contributed by atoms with E-state index >= 15 is 0 Å². The molecule has 2 aromatic carbocycles. The molecule has 0 bridgehead atoms. The SMILES string of the molecule is CC1(C(=O)O)CCN(C(C(=O)c2c[nH]c3ccccc23)c2ccccc2)C1. The van der Waals surface area contributed by atoms with Crippen LogP contribution in [0.15, 0.2) is 60.8 Å². The van der Waals surface area contributed by atoms with Crippen molar-refractivity contribution in [2.24, 2.45) is 5.41 Å². The second kappa shape index (κ2) is 6.67. The van der Waals surface area contributed by atoms with Gasteiger partial charge in [0.05, 0.1) is 11.5 Å². The van der Waals surface area contributed by atoms with Gasteiger partial charge >= 0.3 is 5.97 Å². The average molecular weight is 362 g/mol. The number of para-hydroxylation sites is 1. The van der Waals surface area contributed by atoms with E-state index in [0.29, 0.717) is 25.1 Å². The number of hydrogen-bond donors (Lipinski definition) is 2. The quantitative estimate of drug-likeness (QED) is 0.676. The average Bonchev–Trinajstić information content (AvgIpc) is 3.28. The predicted octanol–water partition coefficient (Wildman–Crippen LogP) is 3.89. The molecule has 1 fully saturated rings. The molecule has 138 valence electrons. The van der Waals surface area contributed by atoms with Crippen LogP contribution >= 0.6 is 0 Å². The number of benzene rings is 2. The minimum Gasteiger partial charge on any atom is -0.481 e. The fourth-order valence-corrected chi connectivity index (χ4v) is 3.98. The van der Waals surface area contributed by atoms with Gasteiger partial charge in [0.2, 0.25) is 0 Å². The van der Waals surface area contributed by atoms with Gasteiger partial charge in [-0.05, 0) is 25.0 Å². The molecule has 5 heteroatoms. The first-order chi connectivity index (χ1) is 13.0. The fourth-order valence-electron chi connectivity index (χ4n) is 3.98. The normalized spacial score (nSPS) is 21.4. The van der Waals surface area contributed by atoms with E-state index in [1.165, 1.54) is 0 Å². The van der Waals surface area contributed by atoms with Crippen LogP contribution in [-0.2, 0) is 4.79 Å². The first kappa shape index (κ1) is 17.5. The first-order valence-corrected chi connectivity index (χ1v) is 9.12. The third-order valence-corrected chi connectivity index (χ3v) is 5.60. The molecular weight excluding hydrogens is 340 g/mol. The van der Waals surface area contributed by atoms with Gasteiger partial charge in [-0.25, -0.2) is 0 Å². The van der Waals surface area contributed by atoms with E-state index in [4.69, 9.17) is 0 Å². The van der Waals surface area contributed by atoms with E-state index in [0.717, 1.165) is 16.5 Å². The molecule has 2 heterocycles. The van der Waals surface area contributed by atoms with Crippen molar-refractivity contribution in [1.29, 1.82) is 0 Å². The Labute approximate surface area is 157 Å². The van der Waals surface area contributed by atoms with Crippen LogP contribution in [0.1, 0.15) is 35.3 Å². The molecule has 4 rings (SSSR count). The number of aromatic nitrogens is 1. The zero-order chi connectivity index (χ0) is 19.0. The lowest BCUT2D eigenvalue weighted by atomic mass is 9.90. The number of nitrogens with zero attached hydrogens (tertiary/aromatic N) is 1. The number of nitrogens with one attached hydrogen (secondary N) is 1. The lowest BCUT2D eigenvalue weighted by Crippen LogP contribution is -2.36. The summed E-state index contributed by atoms with van der Waals surface area (Å²) in [5.74, 6) is -0.815. The second-order valence-electron chi connectivity index (χ2n) is 7.51. The van der Waals surface area contributed by atoms with Crippen molar-refractivity contribution in [3.63, 3.8) is 0 Å². The minimum absolute atomic E-state index is 0.00621. The molecule has 0 radical (unpaired) electrons. The minimum atomic E-state index is -0.826. The van der Waals surface area contributed by atoms with Gasteiger partial charge in [-0.15, -0.1) is 0 Å². The van der Waals surface area contributed by atoms with Gasteiger partial charge in [0.15, 0.2) is 5.78 Å². The Kier molecular flexibility index (Phi) is 4.32. The smallest absolute Gasteiger partial charge is 0.310 e. The maximum absolute atomic E-state index is 13.6. The Morgan fingerprint density at radius 2 is 1.81 bits per heavy atom. The van der Waals surface area contributed by atoms with Crippen LogP contribution < -0.4 is 0 Å². The van der Waals surface area contributed by atoms with Gasteiger partial charge in [0, 0.05) is 35.8 Å². The number of Topliss-reactive ketones (excluding diaryl/α,β-unsaturated/α-hetero) is 1. The zero-order valence-electron chi connectivity index (χ0n) is 15.2. The number of likely N-dealkylation sites (tertiary alicyclic amines) is 1. The van der Waals surface area contributed by atoms with Crippen LogP contribution in [-0.4, -0.2) is 39.8 Å². The highest BCUT2D eigenvalue weighted by Crippen LogP contribution is 2.37. The van der Waals surface area contributed by atoms with Crippen LogP contribution in [0.3, 0.4) is 0 Å². The van der Waals surface area contributed by atoms with E-state index in [1.807, 2.05) is 59.5 Å². The number of H-pyrrole nitrogens is 1. The summed E-state index contributed by atoms with van der Waals surface area (Å²) < 4.78 is 0. The number of fused-ring (bicyclic) bond motifs is 1. The highest BCUT2D eigenvalue weighted by atomic mass is 16.4. The number of carbonyl (C=O) groups is 2. The van der Waals surface area contributed by atoms with E-state index in [-0.39, 0.29) is 5.78 Å². The number of carboxylic acids is 1. The fraction of sp³-hybridized carbons (Fsp3) is 0.273. The summed E-state index contributed by atoms with van der Waals surface area (Å²) in [6, 6.07) is 16.9. The molecule has 2 unspecified atom stereocenters. The molecule has 5 nitrogen and oxygen atoms in total. The van der Waals surface area contributed by atoms with Gasteiger partial charge in [-0.3, -0.25) is 14.5 Å². The Bertz CT molecular complexity index is 995. The summed E-state index contributed by atoms with van der Waals surface area (Å²) in [5.41, 5.74) is 1.63. The van der Waals surface area contributed by atoms with Crippen molar-refractivity contribution in [3.8, 4) is 0 Å². The first-order valence-electron chi connectivity index (χ1n) is 9.12. The third kappa shape index (κ3) is 3.04. The highest BCUT2D eigenvalue weighted by molar-refractivity contribution is 6.10. The molecule has 0 spiro atoms. The molecule has 0 aliphatic carbocycles. The molecular formula is C22H22N2O3. The monoisotopic (exact) mass is 362 g/mol. The summed E-state index contributed by atoms with van der Waals surface area (Å²) in [6.45, 7) is 2.69. The van der Waals surface area contributed by atoms with Crippen molar-refractivity contribution < 1.29 is 14.7 Å². The molecule has 3 aromatic rings. The number of carbonyl (C=O) groups excluding carboxylic acids is 1. The van der Waals surface area contributed by atoms with Crippen LogP contribution in [0.25, 0.3) is 10.9 Å². The standard InChI is InChI=1S/C22H22N2O3/c1-22(21(26)27)11-12-24(14-22)19(15-7-3-2-4-8-15)20(25)17-13-23-18-10-6-5-9-16(17)18/h2-10,13,19,23H,11-12,14H2,1H3,(H,26,27). The molecule has 1 aromatic heterocycles. The predicted molar refractivity (Wildman–Crippen MR) is 104 cm³/mol. The topological polar surface area (TPSA) is 73.4 Å². The van der Waals surface area contributed by atoms with Crippen molar-refractivity contribution in [2.45, 2.75) is 19.4 Å². The van der Waals surface area contributed by atoms with Gasteiger partial charge < -0.3 is 10.1 Å². The highest BCUT2D eigenvalue weighted by Gasteiger charge is 2.44. The van der Waals surface area contributed by atoms with E-state index in [1.54, 1.807) is 13.1 Å². The lowest BCUT2D eigenvalue weighted by molar-refractivity contribution is -0.147. The van der Waals surface area contributed by atoms with E-state index in [2.05, 4.69) is 4.98 Å². The molecule has 2 N–H and O–H groups in total. The molecule has 1 aliphatic rings. The summed E-state index contributed by atoms with van der Waals surface area (Å²) >= 11 is 0. The molecule has 27 heavy (non-hydrogen) atoms. The van der Waals surface area contributed by atoms with E-state index in [9.17, 15) is 14.7 Å². The molecule has 2 atom stereocenters. The second-order valence-corrected chi connectivity index (χ2v) is 7.51. The maximum atomic E-state index is 13.6. The van der Waals surface area contributed by atoms with Crippen molar-refractivity contribution in [3.05, 3.63) is 71.9 Å². The maximum Gasteiger partial charge on any atom is 0.310 e. The van der Waals surface area contributed by atoms with Crippen molar-refractivity contribution in [2.75, 3.05) is 13.1 Å². The van der Waals surface area contributed by atoms with Crippen LogP contribution in [0.2, 0.25) is 0 Å². The van der Waals surface area contributed by atoms with Crippen molar-refractivity contribution >= 4 is 22.7 Å². The summed E-state index contributed by atoms with van der Waals surface area (Å²) in [5, 5.41) is 10.5. The molecule has 1 saturated heterocycles. The van der Waals surface area contributed by atoms with Gasteiger partial charge in [-0.1, -0.05) is 48.5 Å². The number of aromatic amines is 1. The summed E-state index contributed by atoms with van der Waals surface area (Å²) in [4.78, 5) is 30.4. The van der Waals surface area contributed by atoms with Crippen LogP contribution in [0, 0.1) is 5.41 Å². The number of carboxylic acid groups (broad SMARTS) is 1. The Hall–Kier alpha value is -2.92.